The minimum absolute atomic E-state index is 0.547. The van der Waals surface area contributed by atoms with Gasteiger partial charge >= 0.3 is 0 Å². The normalized spacial score (nSPS) is 26.7. The van der Waals surface area contributed by atoms with Gasteiger partial charge in [0.25, 0.3) is 0 Å². The van der Waals surface area contributed by atoms with Crippen molar-refractivity contribution in [1.29, 1.82) is 0 Å². The summed E-state index contributed by atoms with van der Waals surface area (Å²) in [5.74, 6) is 2.81. The molecule has 1 aliphatic heterocycles. The van der Waals surface area contributed by atoms with Crippen molar-refractivity contribution in [3.63, 3.8) is 0 Å². The van der Waals surface area contributed by atoms with Crippen molar-refractivity contribution in [3.05, 3.63) is 12.3 Å². The van der Waals surface area contributed by atoms with E-state index in [1.165, 1.54) is 6.42 Å². The summed E-state index contributed by atoms with van der Waals surface area (Å²) in [6.07, 6.45) is 2.93. The van der Waals surface area contributed by atoms with Crippen LogP contribution in [0.25, 0.3) is 0 Å². The number of nitrogens with zero attached hydrogens (tertiary/aromatic N) is 3. The largest absolute Gasteiger partial charge is 0.384 e. The van der Waals surface area contributed by atoms with Crippen molar-refractivity contribution in [1.82, 2.24) is 9.97 Å². The fourth-order valence-corrected chi connectivity index (χ4v) is 1.96. The van der Waals surface area contributed by atoms with Crippen molar-refractivity contribution in [3.8, 4) is 0 Å². The third kappa shape index (κ3) is 2.19. The monoisotopic (exact) mass is 206 g/mol. The van der Waals surface area contributed by atoms with Gasteiger partial charge < -0.3 is 10.6 Å². The Bertz CT molecular complexity index is 339. The molecule has 0 bridgehead atoms. The second-order valence-electron chi connectivity index (χ2n) is 4.47. The third-order valence-corrected chi connectivity index (χ3v) is 3.28. The summed E-state index contributed by atoms with van der Waals surface area (Å²) in [4.78, 5) is 10.7. The van der Waals surface area contributed by atoms with Gasteiger partial charge in [-0.3, -0.25) is 0 Å². The molecule has 2 heterocycles. The van der Waals surface area contributed by atoms with E-state index in [9.17, 15) is 0 Å². The highest BCUT2D eigenvalue weighted by molar-refractivity contribution is 5.38. The smallest absolute Gasteiger partial charge is 0.227 e. The molecule has 1 aromatic heterocycles. The number of hydrogen-bond donors (Lipinski definition) is 1. The Morgan fingerprint density at radius 1 is 1.40 bits per heavy atom. The lowest BCUT2D eigenvalue weighted by Crippen LogP contribution is -2.39. The van der Waals surface area contributed by atoms with Crippen molar-refractivity contribution in [2.45, 2.75) is 20.3 Å². The average molecular weight is 206 g/mol. The van der Waals surface area contributed by atoms with Crippen molar-refractivity contribution >= 4 is 11.8 Å². The van der Waals surface area contributed by atoms with Crippen LogP contribution in [0.5, 0.6) is 0 Å². The first kappa shape index (κ1) is 10.2. The number of aromatic nitrogens is 2. The zero-order chi connectivity index (χ0) is 10.8. The predicted octanol–water partition coefficient (Wildman–Crippen LogP) is 1.54. The van der Waals surface area contributed by atoms with Crippen LogP contribution in [0.1, 0.15) is 20.3 Å². The summed E-state index contributed by atoms with van der Waals surface area (Å²) in [5, 5.41) is 0. The molecule has 0 amide bonds. The highest BCUT2D eigenvalue weighted by atomic mass is 15.3. The zero-order valence-electron chi connectivity index (χ0n) is 9.35. The van der Waals surface area contributed by atoms with Gasteiger partial charge in [0.1, 0.15) is 5.82 Å². The maximum atomic E-state index is 5.65. The molecule has 15 heavy (non-hydrogen) atoms. The summed E-state index contributed by atoms with van der Waals surface area (Å²) in [6, 6.07) is 1.72. The van der Waals surface area contributed by atoms with Gasteiger partial charge in [-0.25, -0.2) is 4.98 Å². The molecule has 4 nitrogen and oxygen atoms in total. The Labute approximate surface area is 90.5 Å². The van der Waals surface area contributed by atoms with Crippen LogP contribution in [-0.2, 0) is 0 Å². The van der Waals surface area contributed by atoms with E-state index < -0.39 is 0 Å². The summed E-state index contributed by atoms with van der Waals surface area (Å²) >= 11 is 0. The van der Waals surface area contributed by atoms with Crippen LogP contribution >= 0.6 is 0 Å². The van der Waals surface area contributed by atoms with E-state index in [0.717, 1.165) is 25.0 Å². The molecule has 2 unspecified atom stereocenters. The van der Waals surface area contributed by atoms with Gasteiger partial charge in [0.15, 0.2) is 0 Å². The molecule has 1 saturated heterocycles. The predicted molar refractivity (Wildman–Crippen MR) is 61.6 cm³/mol. The fourth-order valence-electron chi connectivity index (χ4n) is 1.96. The molecule has 1 fully saturated rings. The van der Waals surface area contributed by atoms with E-state index in [1.807, 2.05) is 0 Å². The molecule has 2 N–H and O–H groups in total. The van der Waals surface area contributed by atoms with E-state index in [-0.39, 0.29) is 0 Å². The molecule has 4 heteroatoms. The highest BCUT2D eigenvalue weighted by Gasteiger charge is 2.24. The Hall–Kier alpha value is -1.32. The van der Waals surface area contributed by atoms with E-state index in [4.69, 9.17) is 5.73 Å². The van der Waals surface area contributed by atoms with Gasteiger partial charge in [-0.15, -0.1) is 0 Å². The maximum absolute atomic E-state index is 5.65. The van der Waals surface area contributed by atoms with Gasteiger partial charge in [0, 0.05) is 19.3 Å². The molecule has 82 valence electrons. The standard InChI is InChI=1S/C11H18N4/c1-8-4-6-15(7-9(8)2)11-13-5-3-10(12)14-11/h3,5,8-9H,4,6-7H2,1-2H3,(H2,12,13,14). The van der Waals surface area contributed by atoms with Crippen LogP contribution in [0.3, 0.4) is 0 Å². The van der Waals surface area contributed by atoms with Crippen molar-refractivity contribution < 1.29 is 0 Å². The summed E-state index contributed by atoms with van der Waals surface area (Å²) < 4.78 is 0. The second-order valence-corrected chi connectivity index (χ2v) is 4.47. The lowest BCUT2D eigenvalue weighted by Gasteiger charge is -2.35. The van der Waals surface area contributed by atoms with Gasteiger partial charge in [-0.05, 0) is 24.3 Å². The first-order valence-electron chi connectivity index (χ1n) is 5.50. The highest BCUT2D eigenvalue weighted by Crippen LogP contribution is 2.24. The van der Waals surface area contributed by atoms with E-state index in [2.05, 4.69) is 28.7 Å². The molecule has 2 rings (SSSR count). The topological polar surface area (TPSA) is 55.0 Å². The molecule has 0 spiro atoms. The summed E-state index contributed by atoms with van der Waals surface area (Å²) in [5.41, 5.74) is 5.65. The molecular formula is C11H18N4. The van der Waals surface area contributed by atoms with E-state index >= 15 is 0 Å². The SMILES string of the molecule is CC1CCN(c2nccc(N)n2)CC1C. The van der Waals surface area contributed by atoms with Crippen LogP contribution in [-0.4, -0.2) is 23.1 Å². The lowest BCUT2D eigenvalue weighted by atomic mass is 9.89. The molecule has 0 saturated carbocycles. The van der Waals surface area contributed by atoms with Crippen LogP contribution in [0.15, 0.2) is 12.3 Å². The van der Waals surface area contributed by atoms with E-state index in [1.54, 1.807) is 12.3 Å². The zero-order valence-corrected chi connectivity index (χ0v) is 9.35. The first-order valence-corrected chi connectivity index (χ1v) is 5.50. The molecule has 1 aromatic rings. The Morgan fingerprint density at radius 2 is 2.20 bits per heavy atom. The fraction of sp³-hybridized carbons (Fsp3) is 0.636. The number of rotatable bonds is 1. The summed E-state index contributed by atoms with van der Waals surface area (Å²) in [7, 11) is 0. The van der Waals surface area contributed by atoms with Crippen LogP contribution in [0.4, 0.5) is 11.8 Å². The maximum Gasteiger partial charge on any atom is 0.227 e. The minimum Gasteiger partial charge on any atom is -0.384 e. The molecule has 2 atom stereocenters. The number of nitrogen functional groups attached to an aromatic ring is 1. The molecular weight excluding hydrogens is 188 g/mol. The number of hydrogen-bond acceptors (Lipinski definition) is 4. The average Bonchev–Trinajstić information content (AvgIpc) is 2.22. The van der Waals surface area contributed by atoms with E-state index in [0.29, 0.717) is 11.7 Å². The van der Waals surface area contributed by atoms with Crippen molar-refractivity contribution in [2.24, 2.45) is 11.8 Å². The van der Waals surface area contributed by atoms with Gasteiger partial charge in [0.2, 0.25) is 5.95 Å². The minimum atomic E-state index is 0.547. The quantitative estimate of drug-likeness (QED) is 0.757. The van der Waals surface area contributed by atoms with Crippen molar-refractivity contribution in [2.75, 3.05) is 23.7 Å². The van der Waals surface area contributed by atoms with Crippen LogP contribution in [0.2, 0.25) is 0 Å². The van der Waals surface area contributed by atoms with Crippen LogP contribution < -0.4 is 10.6 Å². The Balaban J connectivity index is 2.12. The van der Waals surface area contributed by atoms with Gasteiger partial charge in [0.05, 0.1) is 0 Å². The van der Waals surface area contributed by atoms with Gasteiger partial charge in [-0.2, -0.15) is 4.98 Å². The van der Waals surface area contributed by atoms with Gasteiger partial charge in [-0.1, -0.05) is 13.8 Å². The molecule has 0 aliphatic carbocycles. The molecule has 1 aliphatic rings. The molecule has 0 aromatic carbocycles. The molecule has 0 radical (unpaired) electrons. The lowest BCUT2D eigenvalue weighted by molar-refractivity contribution is 0.321. The summed E-state index contributed by atoms with van der Waals surface area (Å²) in [6.45, 7) is 6.66. The van der Waals surface area contributed by atoms with Crippen LogP contribution in [0, 0.1) is 11.8 Å². The number of anilines is 2. The Morgan fingerprint density at radius 3 is 2.87 bits per heavy atom. The number of piperidine rings is 1. The number of nitrogens with two attached hydrogens (primary N) is 1. The first-order chi connectivity index (χ1) is 7.16. The second kappa shape index (κ2) is 4.04. The third-order valence-electron chi connectivity index (χ3n) is 3.28. The Kier molecular flexibility index (Phi) is 2.75.